The fourth-order valence-corrected chi connectivity index (χ4v) is 2.37. The van der Waals surface area contributed by atoms with Gasteiger partial charge in [-0.2, -0.15) is 13.5 Å². The number of nitrogens with zero attached hydrogens (tertiary/aromatic N) is 2. The Morgan fingerprint density at radius 2 is 2.05 bits per heavy atom. The highest BCUT2D eigenvalue weighted by molar-refractivity contribution is 7.86. The molecule has 2 heterocycles. The third kappa shape index (κ3) is 1.92. The molecule has 7 nitrogen and oxygen atoms in total. The maximum absolute atomic E-state index is 14.2. The van der Waals surface area contributed by atoms with Crippen molar-refractivity contribution in [2.24, 2.45) is 0 Å². The number of hydrogen-bond acceptors (Lipinski definition) is 5. The average Bonchev–Trinajstić information content (AvgIpc) is 2.82. The molecule has 0 unspecified atom stereocenters. The van der Waals surface area contributed by atoms with Gasteiger partial charge in [-0.15, -0.1) is 0 Å². The molecule has 0 bridgehead atoms. The van der Waals surface area contributed by atoms with Crippen molar-refractivity contribution in [2.45, 2.75) is 0 Å². The molecule has 0 radical (unpaired) electrons. The summed E-state index contributed by atoms with van der Waals surface area (Å²) < 4.78 is 42.1. The maximum atomic E-state index is 14.2. The lowest BCUT2D eigenvalue weighted by molar-refractivity contribution is 0.469. The Morgan fingerprint density at radius 3 is 2.75 bits per heavy atom. The van der Waals surface area contributed by atoms with Gasteiger partial charge in [0.05, 0.1) is 18.0 Å². The second-order valence-electron chi connectivity index (χ2n) is 4.14. The molecule has 0 fully saturated rings. The van der Waals surface area contributed by atoms with E-state index in [0.717, 1.165) is 12.3 Å². The summed E-state index contributed by atoms with van der Waals surface area (Å²) in [6.45, 7) is 0. The van der Waals surface area contributed by atoms with Gasteiger partial charge in [-0.3, -0.25) is 4.79 Å². The first kappa shape index (κ1) is 12.6. The second-order valence-corrected chi connectivity index (χ2v) is 5.72. The molecule has 1 aromatic carbocycles. The zero-order valence-corrected chi connectivity index (χ0v) is 10.9. The van der Waals surface area contributed by atoms with E-state index in [0.29, 0.717) is 5.52 Å². The summed E-state index contributed by atoms with van der Waals surface area (Å²) in [5.41, 5.74) is -0.158. The fraction of sp³-hybridized carbons (Fsp3) is 0.0909. The summed E-state index contributed by atoms with van der Waals surface area (Å²) >= 11 is 0. The Labute approximate surface area is 111 Å². The summed E-state index contributed by atoms with van der Waals surface area (Å²) in [7, 11) is -3.86. The minimum Gasteiger partial charge on any atom is -0.379 e. The van der Waals surface area contributed by atoms with Crippen molar-refractivity contribution < 1.29 is 17.0 Å². The van der Waals surface area contributed by atoms with E-state index in [2.05, 4.69) is 14.3 Å². The van der Waals surface area contributed by atoms with E-state index in [1.807, 2.05) is 0 Å². The molecule has 0 saturated carbocycles. The van der Waals surface area contributed by atoms with Gasteiger partial charge in [0, 0.05) is 0 Å². The van der Waals surface area contributed by atoms with Crippen LogP contribution in [-0.4, -0.2) is 29.3 Å². The molecule has 0 atom stereocenters. The predicted molar refractivity (Wildman–Crippen MR) is 68.7 cm³/mol. The highest BCUT2D eigenvalue weighted by Gasteiger charge is 2.16. The van der Waals surface area contributed by atoms with Crippen LogP contribution in [0.1, 0.15) is 0 Å². The number of halogens is 1. The second kappa shape index (κ2) is 4.04. The van der Waals surface area contributed by atoms with Gasteiger partial charge in [-0.1, -0.05) is 0 Å². The van der Waals surface area contributed by atoms with Gasteiger partial charge < -0.3 is 9.17 Å². The van der Waals surface area contributed by atoms with Crippen LogP contribution in [0.15, 0.2) is 29.2 Å². The molecule has 2 aromatic heterocycles. The van der Waals surface area contributed by atoms with Crippen molar-refractivity contribution in [2.75, 3.05) is 6.26 Å². The number of benzene rings is 1. The Morgan fingerprint density at radius 1 is 1.30 bits per heavy atom. The van der Waals surface area contributed by atoms with Gasteiger partial charge >= 0.3 is 10.1 Å². The predicted octanol–water partition coefficient (Wildman–Crippen LogP) is 0.653. The van der Waals surface area contributed by atoms with Crippen LogP contribution in [0.5, 0.6) is 5.75 Å². The maximum Gasteiger partial charge on any atom is 0.306 e. The largest absolute Gasteiger partial charge is 0.379 e. The average molecular weight is 297 g/mol. The van der Waals surface area contributed by atoms with Gasteiger partial charge in [0.1, 0.15) is 11.0 Å². The topological polar surface area (TPSA) is 93.5 Å². The highest BCUT2D eigenvalue weighted by Crippen LogP contribution is 2.25. The minimum atomic E-state index is -3.86. The van der Waals surface area contributed by atoms with Crippen LogP contribution in [0.2, 0.25) is 0 Å². The molecule has 0 spiro atoms. The van der Waals surface area contributed by atoms with E-state index >= 15 is 0 Å². The Bertz CT molecular complexity index is 990. The van der Waals surface area contributed by atoms with E-state index < -0.39 is 27.2 Å². The first-order valence-corrected chi connectivity index (χ1v) is 7.26. The van der Waals surface area contributed by atoms with E-state index in [1.165, 1.54) is 22.8 Å². The van der Waals surface area contributed by atoms with Gasteiger partial charge in [0.2, 0.25) is 0 Å². The molecule has 1 N–H and O–H groups in total. The van der Waals surface area contributed by atoms with E-state index in [9.17, 15) is 17.6 Å². The molecule has 9 heteroatoms. The van der Waals surface area contributed by atoms with E-state index in [4.69, 9.17) is 0 Å². The van der Waals surface area contributed by atoms with Crippen LogP contribution in [0, 0.1) is 5.82 Å². The number of fused-ring (bicyclic) bond motifs is 3. The lowest BCUT2D eigenvalue weighted by Crippen LogP contribution is -2.13. The standard InChI is InChI=1S/C11H8FN3O4S/c1-20(17,18)19-8-3-2-6-10(9(8)12)14-11(16)7-4-5-13-15(6)7/h2-5H,1H3,(H,14,16). The third-order valence-corrected chi connectivity index (χ3v) is 3.15. The summed E-state index contributed by atoms with van der Waals surface area (Å²) in [5, 5.41) is 3.92. The molecule has 3 rings (SSSR count). The molecular formula is C11H8FN3O4S. The first-order chi connectivity index (χ1) is 9.37. The highest BCUT2D eigenvalue weighted by atomic mass is 32.2. The van der Waals surface area contributed by atoms with Crippen molar-refractivity contribution >= 4 is 26.7 Å². The zero-order valence-electron chi connectivity index (χ0n) is 10.1. The van der Waals surface area contributed by atoms with Gasteiger partial charge in [-0.05, 0) is 18.2 Å². The number of H-pyrrole nitrogens is 1. The zero-order chi connectivity index (χ0) is 14.5. The Balaban J connectivity index is 2.38. The van der Waals surface area contributed by atoms with Crippen LogP contribution in [0.25, 0.3) is 16.6 Å². The van der Waals surface area contributed by atoms with Crippen LogP contribution in [0.3, 0.4) is 0 Å². The molecule has 104 valence electrons. The quantitative estimate of drug-likeness (QED) is 0.701. The number of rotatable bonds is 2. The van der Waals surface area contributed by atoms with Crippen molar-refractivity contribution in [3.63, 3.8) is 0 Å². The summed E-state index contributed by atoms with van der Waals surface area (Å²) in [5.74, 6) is -1.45. The molecule has 20 heavy (non-hydrogen) atoms. The smallest absolute Gasteiger partial charge is 0.306 e. The van der Waals surface area contributed by atoms with E-state index in [-0.39, 0.29) is 11.0 Å². The van der Waals surface area contributed by atoms with Crippen LogP contribution < -0.4 is 9.74 Å². The number of nitrogens with one attached hydrogen (secondary N) is 1. The minimum absolute atomic E-state index is 0.174. The van der Waals surface area contributed by atoms with Gasteiger partial charge in [0.15, 0.2) is 11.6 Å². The monoisotopic (exact) mass is 297 g/mol. The van der Waals surface area contributed by atoms with Crippen molar-refractivity contribution in [1.29, 1.82) is 0 Å². The van der Waals surface area contributed by atoms with Crippen molar-refractivity contribution in [1.82, 2.24) is 14.6 Å². The Kier molecular flexibility index (Phi) is 2.54. The summed E-state index contributed by atoms with van der Waals surface area (Å²) in [4.78, 5) is 14.1. The number of aromatic amines is 1. The molecule has 0 saturated heterocycles. The fourth-order valence-electron chi connectivity index (χ4n) is 1.91. The third-order valence-electron chi connectivity index (χ3n) is 2.67. The van der Waals surface area contributed by atoms with Crippen molar-refractivity contribution in [3.05, 3.63) is 40.6 Å². The lowest BCUT2D eigenvalue weighted by Gasteiger charge is -2.07. The molecule has 0 aliphatic heterocycles. The molecule has 3 aromatic rings. The summed E-state index contributed by atoms with van der Waals surface area (Å²) in [6, 6.07) is 4.06. The van der Waals surface area contributed by atoms with Crippen molar-refractivity contribution in [3.8, 4) is 5.75 Å². The molecular weight excluding hydrogens is 289 g/mol. The van der Waals surface area contributed by atoms with Crippen LogP contribution in [-0.2, 0) is 10.1 Å². The van der Waals surface area contributed by atoms with Gasteiger partial charge in [0.25, 0.3) is 5.56 Å². The number of aromatic nitrogens is 3. The molecule has 0 amide bonds. The normalized spacial score (nSPS) is 12.1. The Hall–Kier alpha value is -2.42. The van der Waals surface area contributed by atoms with E-state index in [1.54, 1.807) is 0 Å². The SMILES string of the molecule is CS(=O)(=O)Oc1ccc2c([nH]c(=O)c3ccnn32)c1F. The van der Waals surface area contributed by atoms with Crippen LogP contribution >= 0.6 is 0 Å². The number of hydrogen-bond donors (Lipinski definition) is 1. The summed E-state index contributed by atoms with van der Waals surface area (Å²) in [6.07, 6.45) is 2.21. The molecule has 0 aliphatic carbocycles. The lowest BCUT2D eigenvalue weighted by atomic mass is 10.2. The van der Waals surface area contributed by atoms with Crippen LogP contribution in [0.4, 0.5) is 4.39 Å². The van der Waals surface area contributed by atoms with Gasteiger partial charge in [-0.25, -0.2) is 8.91 Å². The molecule has 0 aliphatic rings. The first-order valence-electron chi connectivity index (χ1n) is 5.44.